The third-order valence-corrected chi connectivity index (χ3v) is 3.63. The van der Waals surface area contributed by atoms with Gasteiger partial charge in [0.15, 0.2) is 0 Å². The maximum Gasteiger partial charge on any atom is 0.124 e. The Hall–Kier alpha value is -1.06. The Morgan fingerprint density at radius 3 is 2.72 bits per heavy atom. The zero-order chi connectivity index (χ0) is 13.0. The molecule has 0 fully saturated rings. The maximum atomic E-state index is 12.9. The molecule has 0 saturated heterocycles. The molecule has 2 aromatic carbocycles. The summed E-state index contributed by atoms with van der Waals surface area (Å²) in [4.78, 5) is 0. The summed E-state index contributed by atoms with van der Waals surface area (Å²) in [6.45, 7) is 0.632. The van der Waals surface area contributed by atoms with Crippen molar-refractivity contribution in [3.63, 3.8) is 0 Å². The van der Waals surface area contributed by atoms with E-state index in [0.717, 1.165) is 21.3 Å². The molecule has 0 radical (unpaired) electrons. The van der Waals surface area contributed by atoms with Crippen LogP contribution < -0.4 is 5.32 Å². The second kappa shape index (κ2) is 6.21. The Morgan fingerprint density at radius 1 is 1.17 bits per heavy atom. The number of alkyl halides is 1. The van der Waals surface area contributed by atoms with Crippen LogP contribution in [0.4, 0.5) is 10.1 Å². The number of halogens is 3. The quantitative estimate of drug-likeness (QED) is 0.784. The van der Waals surface area contributed by atoms with E-state index in [2.05, 4.69) is 21.2 Å². The summed E-state index contributed by atoms with van der Waals surface area (Å²) in [6, 6.07) is 12.6. The maximum absolute atomic E-state index is 12.9. The number of rotatable bonds is 4. The molecule has 2 aromatic rings. The van der Waals surface area contributed by atoms with Crippen molar-refractivity contribution >= 4 is 33.2 Å². The van der Waals surface area contributed by atoms with Gasteiger partial charge in [0, 0.05) is 22.6 Å². The highest BCUT2D eigenvalue weighted by Gasteiger charge is 2.01. The minimum absolute atomic E-state index is 0.241. The first kappa shape index (κ1) is 13.4. The summed E-state index contributed by atoms with van der Waals surface area (Å²) < 4.78 is 13.7. The Kier molecular flexibility index (Phi) is 4.61. The van der Waals surface area contributed by atoms with Crippen LogP contribution in [-0.2, 0) is 12.4 Å². The molecule has 0 bridgehead atoms. The van der Waals surface area contributed by atoms with E-state index >= 15 is 0 Å². The van der Waals surface area contributed by atoms with Crippen LogP contribution in [0.2, 0.25) is 0 Å². The van der Waals surface area contributed by atoms with E-state index in [1.807, 2.05) is 24.3 Å². The molecule has 94 valence electrons. The van der Waals surface area contributed by atoms with Crippen LogP contribution in [0, 0.1) is 5.82 Å². The molecule has 0 aromatic heterocycles. The van der Waals surface area contributed by atoms with Gasteiger partial charge in [0.1, 0.15) is 5.82 Å². The van der Waals surface area contributed by atoms with Gasteiger partial charge in [-0.3, -0.25) is 0 Å². The van der Waals surface area contributed by atoms with Crippen LogP contribution in [0.15, 0.2) is 46.9 Å². The lowest BCUT2D eigenvalue weighted by atomic mass is 10.2. The van der Waals surface area contributed by atoms with Gasteiger partial charge in [0.2, 0.25) is 0 Å². The van der Waals surface area contributed by atoms with Gasteiger partial charge in [-0.25, -0.2) is 4.39 Å². The normalized spacial score (nSPS) is 10.4. The molecule has 0 unspecified atom stereocenters. The van der Waals surface area contributed by atoms with Gasteiger partial charge in [0.25, 0.3) is 0 Å². The van der Waals surface area contributed by atoms with Gasteiger partial charge in [-0.1, -0.05) is 34.1 Å². The molecule has 0 atom stereocenters. The first-order valence-electron chi connectivity index (χ1n) is 5.52. The van der Waals surface area contributed by atoms with Gasteiger partial charge in [0.05, 0.1) is 0 Å². The smallest absolute Gasteiger partial charge is 0.124 e. The molecule has 0 amide bonds. The summed E-state index contributed by atoms with van der Waals surface area (Å²) >= 11 is 9.13. The van der Waals surface area contributed by atoms with Crippen molar-refractivity contribution in [3.8, 4) is 0 Å². The van der Waals surface area contributed by atoms with E-state index in [0.29, 0.717) is 12.4 Å². The van der Waals surface area contributed by atoms with Gasteiger partial charge in [-0.05, 0) is 35.4 Å². The van der Waals surface area contributed by atoms with Crippen LogP contribution in [0.5, 0.6) is 0 Å². The molecule has 18 heavy (non-hydrogen) atoms. The summed E-state index contributed by atoms with van der Waals surface area (Å²) in [5.41, 5.74) is 3.08. The Balaban J connectivity index is 2.06. The SMILES string of the molecule is Fc1ccc(CNc2cccc(CCl)c2)c(Br)c1. The Bertz CT molecular complexity index is 545. The zero-order valence-corrected chi connectivity index (χ0v) is 11.9. The van der Waals surface area contributed by atoms with Crippen molar-refractivity contribution in [2.75, 3.05) is 5.32 Å². The van der Waals surface area contributed by atoms with Gasteiger partial charge in [-0.2, -0.15) is 0 Å². The van der Waals surface area contributed by atoms with Crippen molar-refractivity contribution in [1.29, 1.82) is 0 Å². The first-order valence-corrected chi connectivity index (χ1v) is 6.84. The molecule has 0 aliphatic heterocycles. The van der Waals surface area contributed by atoms with E-state index < -0.39 is 0 Å². The molecule has 2 rings (SSSR count). The lowest BCUT2D eigenvalue weighted by molar-refractivity contribution is 0.626. The van der Waals surface area contributed by atoms with Crippen molar-refractivity contribution in [3.05, 3.63) is 63.9 Å². The van der Waals surface area contributed by atoms with Crippen molar-refractivity contribution < 1.29 is 4.39 Å². The lowest BCUT2D eigenvalue weighted by Gasteiger charge is -2.09. The highest BCUT2D eigenvalue weighted by molar-refractivity contribution is 9.10. The summed E-state index contributed by atoms with van der Waals surface area (Å²) in [6.07, 6.45) is 0. The third-order valence-electron chi connectivity index (χ3n) is 2.58. The van der Waals surface area contributed by atoms with Crippen molar-refractivity contribution in [1.82, 2.24) is 0 Å². The van der Waals surface area contributed by atoms with E-state index in [-0.39, 0.29) is 5.82 Å². The fourth-order valence-electron chi connectivity index (χ4n) is 1.63. The average Bonchev–Trinajstić information content (AvgIpc) is 2.38. The number of anilines is 1. The summed E-state index contributed by atoms with van der Waals surface area (Å²) in [5.74, 6) is 0.255. The van der Waals surface area contributed by atoms with E-state index in [9.17, 15) is 4.39 Å². The van der Waals surface area contributed by atoms with Crippen molar-refractivity contribution in [2.24, 2.45) is 0 Å². The molecule has 1 N–H and O–H groups in total. The van der Waals surface area contributed by atoms with Crippen LogP contribution >= 0.6 is 27.5 Å². The lowest BCUT2D eigenvalue weighted by Crippen LogP contribution is -2.00. The summed E-state index contributed by atoms with van der Waals surface area (Å²) in [5, 5.41) is 3.28. The van der Waals surface area contributed by atoms with E-state index in [1.165, 1.54) is 12.1 Å². The Morgan fingerprint density at radius 2 is 2.00 bits per heavy atom. The fourth-order valence-corrected chi connectivity index (χ4v) is 2.28. The van der Waals surface area contributed by atoms with Crippen LogP contribution in [0.25, 0.3) is 0 Å². The topological polar surface area (TPSA) is 12.0 Å². The van der Waals surface area contributed by atoms with E-state index in [1.54, 1.807) is 6.07 Å². The Labute approximate surface area is 119 Å². The molecule has 4 heteroatoms. The average molecular weight is 329 g/mol. The minimum atomic E-state index is -0.241. The second-order valence-electron chi connectivity index (χ2n) is 3.92. The monoisotopic (exact) mass is 327 g/mol. The number of nitrogens with one attached hydrogen (secondary N) is 1. The number of hydrogen-bond acceptors (Lipinski definition) is 1. The van der Waals surface area contributed by atoms with Gasteiger partial charge < -0.3 is 5.32 Å². The van der Waals surface area contributed by atoms with Crippen LogP contribution in [-0.4, -0.2) is 0 Å². The van der Waals surface area contributed by atoms with Crippen molar-refractivity contribution in [2.45, 2.75) is 12.4 Å². The predicted octanol–water partition coefficient (Wildman–Crippen LogP) is 4.94. The fraction of sp³-hybridized carbons (Fsp3) is 0.143. The largest absolute Gasteiger partial charge is 0.381 e. The molecule has 1 nitrogen and oxygen atoms in total. The zero-order valence-electron chi connectivity index (χ0n) is 9.59. The van der Waals surface area contributed by atoms with E-state index in [4.69, 9.17) is 11.6 Å². The second-order valence-corrected chi connectivity index (χ2v) is 5.04. The molecule has 0 aliphatic carbocycles. The predicted molar refractivity (Wildman–Crippen MR) is 77.4 cm³/mol. The van der Waals surface area contributed by atoms with Gasteiger partial charge in [-0.15, -0.1) is 11.6 Å². The standard InChI is InChI=1S/C14H12BrClFN/c15-14-7-12(17)5-4-11(14)9-18-13-3-1-2-10(6-13)8-16/h1-7,18H,8-9H2. The summed E-state index contributed by atoms with van der Waals surface area (Å²) in [7, 11) is 0. The molecule has 0 spiro atoms. The number of benzene rings is 2. The van der Waals surface area contributed by atoms with Gasteiger partial charge >= 0.3 is 0 Å². The minimum Gasteiger partial charge on any atom is -0.381 e. The van der Waals surface area contributed by atoms with Crippen LogP contribution in [0.3, 0.4) is 0 Å². The molecule has 0 heterocycles. The first-order chi connectivity index (χ1) is 8.69. The third kappa shape index (κ3) is 3.47. The molecule has 0 saturated carbocycles. The molecule has 0 aliphatic rings. The van der Waals surface area contributed by atoms with Crippen LogP contribution in [0.1, 0.15) is 11.1 Å². The number of hydrogen-bond donors (Lipinski definition) is 1. The molecular formula is C14H12BrClFN. The molecular weight excluding hydrogens is 317 g/mol. The highest BCUT2D eigenvalue weighted by atomic mass is 79.9. The highest BCUT2D eigenvalue weighted by Crippen LogP contribution is 2.20.